The molecule has 0 spiro atoms. The quantitative estimate of drug-likeness (QED) is 0.504. The third-order valence-corrected chi connectivity index (χ3v) is 1.75. The van der Waals surface area contributed by atoms with Crippen molar-refractivity contribution >= 4 is 15.4 Å². The fourth-order valence-corrected chi connectivity index (χ4v) is 1.10. The minimum absolute atomic E-state index is 0.162. The highest BCUT2D eigenvalue weighted by Crippen LogP contribution is 2.00. The van der Waals surface area contributed by atoms with Crippen LogP contribution in [0.2, 0.25) is 0 Å². The van der Waals surface area contributed by atoms with Crippen LogP contribution in [-0.2, 0) is 9.53 Å². The Balaban J connectivity index is 3.71. The van der Waals surface area contributed by atoms with E-state index in [0.29, 0.717) is 6.61 Å². The Labute approximate surface area is 70.1 Å². The highest BCUT2D eigenvalue weighted by Gasteiger charge is 2.15. The van der Waals surface area contributed by atoms with Gasteiger partial charge in [-0.25, -0.2) is 0 Å². The first-order valence-electron chi connectivity index (χ1n) is 3.89. The van der Waals surface area contributed by atoms with Crippen molar-refractivity contribution in [1.82, 2.24) is 5.09 Å². The van der Waals surface area contributed by atoms with E-state index in [1.54, 1.807) is 0 Å². The molecule has 0 amide bonds. The van der Waals surface area contributed by atoms with Crippen LogP contribution in [0.4, 0.5) is 0 Å². The highest BCUT2D eigenvalue weighted by atomic mass is 31.0. The Morgan fingerprint density at radius 1 is 1.64 bits per heavy atom. The van der Waals surface area contributed by atoms with Crippen LogP contribution in [-0.4, -0.2) is 18.6 Å². The van der Waals surface area contributed by atoms with Gasteiger partial charge in [-0.1, -0.05) is 22.7 Å². The lowest BCUT2D eigenvalue weighted by molar-refractivity contribution is -0.145. The third-order valence-electron chi connectivity index (χ3n) is 1.35. The number of carbonyl (C=O) groups is 1. The van der Waals surface area contributed by atoms with E-state index in [-0.39, 0.29) is 12.0 Å². The van der Waals surface area contributed by atoms with Gasteiger partial charge in [-0.2, -0.15) is 0 Å². The molecule has 66 valence electrons. The number of carbonyl (C=O) groups excluding carboxylic acids is 1. The molecule has 4 heteroatoms. The maximum Gasteiger partial charge on any atom is 0.323 e. The Morgan fingerprint density at radius 2 is 2.27 bits per heavy atom. The summed E-state index contributed by atoms with van der Waals surface area (Å²) in [6, 6.07) is -0.162. The summed E-state index contributed by atoms with van der Waals surface area (Å²) in [5.41, 5.74) is 0. The molecule has 0 aliphatic heterocycles. The summed E-state index contributed by atoms with van der Waals surface area (Å²) in [5, 5.41) is 2.83. The van der Waals surface area contributed by atoms with Crippen LogP contribution in [0.3, 0.4) is 0 Å². The van der Waals surface area contributed by atoms with Crippen LogP contribution in [0.25, 0.3) is 0 Å². The first kappa shape index (κ1) is 10.9. The summed E-state index contributed by atoms with van der Waals surface area (Å²) in [7, 11) is 2.34. The molecule has 0 fully saturated rings. The van der Waals surface area contributed by atoms with Crippen LogP contribution in [0.5, 0.6) is 0 Å². The molecular weight excluding hydrogens is 161 g/mol. The molecule has 0 rings (SSSR count). The summed E-state index contributed by atoms with van der Waals surface area (Å²) < 4.78 is 4.83. The second kappa shape index (κ2) is 6.56. The molecule has 0 aromatic heterocycles. The molecule has 0 aromatic rings. The molecule has 2 atom stereocenters. The third kappa shape index (κ3) is 4.33. The Hall–Kier alpha value is -0.140. The maximum absolute atomic E-state index is 11.1. The number of esters is 1. The van der Waals surface area contributed by atoms with E-state index in [4.69, 9.17) is 4.74 Å². The first-order valence-corrected chi connectivity index (χ1v) is 4.46. The van der Waals surface area contributed by atoms with Gasteiger partial charge in [0.05, 0.1) is 6.61 Å². The van der Waals surface area contributed by atoms with Crippen LogP contribution in [0.15, 0.2) is 0 Å². The largest absolute Gasteiger partial charge is 0.465 e. The maximum atomic E-state index is 11.1. The number of hydrogen-bond donors (Lipinski definition) is 1. The molecule has 0 aliphatic rings. The van der Waals surface area contributed by atoms with E-state index < -0.39 is 0 Å². The highest BCUT2D eigenvalue weighted by molar-refractivity contribution is 7.13. The van der Waals surface area contributed by atoms with Gasteiger partial charge in [0.1, 0.15) is 6.04 Å². The molecule has 0 bridgehead atoms. The van der Waals surface area contributed by atoms with Gasteiger partial charge >= 0.3 is 5.97 Å². The van der Waals surface area contributed by atoms with E-state index >= 15 is 0 Å². The minimum Gasteiger partial charge on any atom is -0.465 e. The number of rotatable bonds is 5. The van der Waals surface area contributed by atoms with E-state index in [9.17, 15) is 4.79 Å². The molecule has 0 heterocycles. The normalized spacial score (nSPS) is 12.6. The Bertz CT molecular complexity index is 119. The van der Waals surface area contributed by atoms with E-state index in [1.165, 1.54) is 0 Å². The van der Waals surface area contributed by atoms with Gasteiger partial charge in [-0.05, 0) is 13.3 Å². The van der Waals surface area contributed by atoms with E-state index in [1.807, 2.05) is 13.8 Å². The fourth-order valence-electron chi connectivity index (χ4n) is 0.801. The van der Waals surface area contributed by atoms with Gasteiger partial charge in [-0.3, -0.25) is 9.88 Å². The average molecular weight is 177 g/mol. The van der Waals surface area contributed by atoms with Crippen molar-refractivity contribution in [2.45, 2.75) is 32.7 Å². The zero-order valence-corrected chi connectivity index (χ0v) is 8.25. The van der Waals surface area contributed by atoms with Gasteiger partial charge in [0, 0.05) is 0 Å². The van der Waals surface area contributed by atoms with Crippen molar-refractivity contribution in [2.75, 3.05) is 6.61 Å². The average Bonchev–Trinajstić information content (AvgIpc) is 2.00. The van der Waals surface area contributed by atoms with Gasteiger partial charge in [0.15, 0.2) is 0 Å². The zero-order chi connectivity index (χ0) is 8.69. The molecule has 3 nitrogen and oxygen atoms in total. The van der Waals surface area contributed by atoms with E-state index in [2.05, 4.69) is 14.5 Å². The monoisotopic (exact) mass is 177 g/mol. The van der Waals surface area contributed by atoms with Crippen molar-refractivity contribution in [3.05, 3.63) is 0 Å². The summed E-state index contributed by atoms with van der Waals surface area (Å²) in [6.07, 6.45) is 1.80. The molecule has 0 radical (unpaired) electrons. The van der Waals surface area contributed by atoms with Crippen LogP contribution >= 0.6 is 9.39 Å². The molecular formula is C7H16NO2P. The van der Waals surface area contributed by atoms with Crippen molar-refractivity contribution < 1.29 is 9.53 Å². The summed E-state index contributed by atoms with van der Waals surface area (Å²) in [5.74, 6) is -0.163. The van der Waals surface area contributed by atoms with Gasteiger partial charge < -0.3 is 4.74 Å². The second-order valence-corrected chi connectivity index (χ2v) is 2.59. The SMILES string of the molecule is CCCC(NP)C(=O)OCC. The molecule has 0 saturated heterocycles. The topological polar surface area (TPSA) is 38.3 Å². The number of hydrogen-bond acceptors (Lipinski definition) is 3. The molecule has 1 N–H and O–H groups in total. The molecule has 0 aromatic carbocycles. The predicted molar refractivity (Wildman–Crippen MR) is 48.2 cm³/mol. The fraction of sp³-hybridized carbons (Fsp3) is 0.857. The van der Waals surface area contributed by atoms with Gasteiger partial charge in [-0.15, -0.1) is 0 Å². The van der Waals surface area contributed by atoms with Crippen LogP contribution in [0, 0.1) is 0 Å². The molecule has 11 heavy (non-hydrogen) atoms. The lowest BCUT2D eigenvalue weighted by atomic mass is 10.2. The van der Waals surface area contributed by atoms with Crippen molar-refractivity contribution in [3.8, 4) is 0 Å². The lowest BCUT2D eigenvalue weighted by Gasteiger charge is -2.12. The second-order valence-electron chi connectivity index (χ2n) is 2.26. The molecule has 0 aliphatic carbocycles. The van der Waals surface area contributed by atoms with Gasteiger partial charge in [0.25, 0.3) is 0 Å². The van der Waals surface area contributed by atoms with Gasteiger partial charge in [0.2, 0.25) is 0 Å². The number of ether oxygens (including phenoxy) is 1. The number of nitrogens with one attached hydrogen (secondary N) is 1. The molecule has 2 unspecified atom stereocenters. The minimum atomic E-state index is -0.163. The van der Waals surface area contributed by atoms with Crippen LogP contribution < -0.4 is 5.09 Å². The van der Waals surface area contributed by atoms with Crippen molar-refractivity contribution in [2.24, 2.45) is 0 Å². The standard InChI is InChI=1S/C7H16NO2P/c1-3-5-6(8-11)7(9)10-4-2/h6,8H,3-5,11H2,1-2H3. The lowest BCUT2D eigenvalue weighted by Crippen LogP contribution is -2.31. The Kier molecular flexibility index (Phi) is 6.48. The summed E-state index contributed by atoms with van der Waals surface area (Å²) in [6.45, 7) is 4.29. The van der Waals surface area contributed by atoms with E-state index in [0.717, 1.165) is 12.8 Å². The zero-order valence-electron chi connectivity index (χ0n) is 7.09. The Morgan fingerprint density at radius 3 is 2.64 bits per heavy atom. The molecule has 0 saturated carbocycles. The summed E-state index contributed by atoms with van der Waals surface area (Å²) >= 11 is 0. The van der Waals surface area contributed by atoms with Crippen LogP contribution in [0.1, 0.15) is 26.7 Å². The van der Waals surface area contributed by atoms with Crippen molar-refractivity contribution in [3.63, 3.8) is 0 Å². The summed E-state index contributed by atoms with van der Waals surface area (Å²) in [4.78, 5) is 11.1. The van der Waals surface area contributed by atoms with Crippen molar-refractivity contribution in [1.29, 1.82) is 0 Å². The predicted octanol–water partition coefficient (Wildman–Crippen LogP) is 1.10. The first-order chi connectivity index (χ1) is 5.26. The smallest absolute Gasteiger partial charge is 0.323 e.